The lowest BCUT2D eigenvalue weighted by atomic mass is 9.99. The van der Waals surface area contributed by atoms with E-state index >= 15 is 0 Å². The molecular weight excluding hydrogens is 288 g/mol. The van der Waals surface area contributed by atoms with Crippen LogP contribution in [0.1, 0.15) is 47.0 Å². The van der Waals surface area contributed by atoms with Gasteiger partial charge < -0.3 is 20.3 Å². The summed E-state index contributed by atoms with van der Waals surface area (Å²) >= 11 is 0. The van der Waals surface area contributed by atoms with Crippen LogP contribution in [0.15, 0.2) is 4.99 Å². The third kappa shape index (κ3) is 8.56. The van der Waals surface area contributed by atoms with Crippen molar-refractivity contribution in [3.05, 3.63) is 0 Å². The van der Waals surface area contributed by atoms with E-state index in [2.05, 4.69) is 50.3 Å². The molecule has 1 aliphatic rings. The van der Waals surface area contributed by atoms with E-state index in [1.54, 1.807) is 0 Å². The molecule has 23 heavy (non-hydrogen) atoms. The molecule has 0 saturated carbocycles. The van der Waals surface area contributed by atoms with Crippen molar-refractivity contribution >= 4 is 5.96 Å². The van der Waals surface area contributed by atoms with E-state index in [0.29, 0.717) is 17.9 Å². The van der Waals surface area contributed by atoms with E-state index in [-0.39, 0.29) is 0 Å². The molecule has 1 rings (SSSR count). The highest BCUT2D eigenvalue weighted by Crippen LogP contribution is 2.15. The van der Waals surface area contributed by atoms with Gasteiger partial charge in [0.2, 0.25) is 0 Å². The summed E-state index contributed by atoms with van der Waals surface area (Å²) in [4.78, 5) is 7.20. The Labute approximate surface area is 143 Å². The summed E-state index contributed by atoms with van der Waals surface area (Å²) in [7, 11) is 2.21. The highest BCUT2D eigenvalue weighted by Gasteiger charge is 2.17. The molecule has 0 amide bonds. The quantitative estimate of drug-likeness (QED) is 0.504. The lowest BCUT2D eigenvalue weighted by Crippen LogP contribution is -2.40. The molecule has 5 heteroatoms. The van der Waals surface area contributed by atoms with Gasteiger partial charge in [-0.05, 0) is 58.5 Å². The average molecular weight is 327 g/mol. The molecule has 1 fully saturated rings. The first-order valence-electron chi connectivity index (χ1n) is 9.39. The maximum atomic E-state index is 5.81. The summed E-state index contributed by atoms with van der Waals surface area (Å²) in [5.74, 6) is 2.19. The standard InChI is InChI=1S/C18H38N4O/c1-6-19-18(20-11-10-17(15(3)4)23-7-2)21-13-16-9-8-12-22(5)14-16/h15-17H,6-14H2,1-5H3,(H2,19,20,21). The average Bonchev–Trinajstić information content (AvgIpc) is 2.51. The van der Waals surface area contributed by atoms with E-state index in [9.17, 15) is 0 Å². The van der Waals surface area contributed by atoms with Crippen molar-refractivity contribution in [1.82, 2.24) is 15.5 Å². The van der Waals surface area contributed by atoms with Gasteiger partial charge in [-0.15, -0.1) is 0 Å². The van der Waals surface area contributed by atoms with Crippen molar-refractivity contribution in [2.24, 2.45) is 16.8 Å². The van der Waals surface area contributed by atoms with Crippen LogP contribution in [0.3, 0.4) is 0 Å². The van der Waals surface area contributed by atoms with Crippen LogP contribution in [0.2, 0.25) is 0 Å². The molecule has 0 spiro atoms. The van der Waals surface area contributed by atoms with Gasteiger partial charge in [0.15, 0.2) is 5.96 Å². The summed E-state index contributed by atoms with van der Waals surface area (Å²) in [5, 5.41) is 6.81. The summed E-state index contributed by atoms with van der Waals surface area (Å²) in [5.41, 5.74) is 0. The molecule has 2 atom stereocenters. The zero-order chi connectivity index (χ0) is 17.1. The van der Waals surface area contributed by atoms with Crippen LogP contribution in [0.4, 0.5) is 0 Å². The van der Waals surface area contributed by atoms with Crippen LogP contribution in [0, 0.1) is 11.8 Å². The van der Waals surface area contributed by atoms with E-state index in [1.807, 2.05) is 0 Å². The summed E-state index contributed by atoms with van der Waals surface area (Å²) in [6, 6.07) is 0. The molecule has 0 aromatic rings. The van der Waals surface area contributed by atoms with Crippen LogP contribution in [0.5, 0.6) is 0 Å². The molecule has 0 aliphatic carbocycles. The van der Waals surface area contributed by atoms with Crippen molar-refractivity contribution in [2.45, 2.75) is 53.1 Å². The molecule has 1 aliphatic heterocycles. The van der Waals surface area contributed by atoms with Gasteiger partial charge in [0.1, 0.15) is 0 Å². The number of likely N-dealkylation sites (tertiary alicyclic amines) is 1. The molecule has 0 aromatic carbocycles. The molecule has 1 saturated heterocycles. The normalized spacial score (nSPS) is 21.5. The Kier molecular flexibility index (Phi) is 10.3. The molecule has 0 radical (unpaired) electrons. The lowest BCUT2D eigenvalue weighted by molar-refractivity contribution is 0.0258. The third-order valence-electron chi connectivity index (χ3n) is 4.42. The number of nitrogens with zero attached hydrogens (tertiary/aromatic N) is 2. The van der Waals surface area contributed by atoms with E-state index in [1.165, 1.54) is 25.9 Å². The number of hydrogen-bond acceptors (Lipinski definition) is 3. The molecule has 1 heterocycles. The number of aliphatic imine (C=N–C) groups is 1. The third-order valence-corrected chi connectivity index (χ3v) is 4.42. The smallest absolute Gasteiger partial charge is 0.191 e. The Balaban J connectivity index is 2.39. The second kappa shape index (κ2) is 11.7. The highest BCUT2D eigenvalue weighted by molar-refractivity contribution is 5.79. The SMILES string of the molecule is CCNC(=NCC1CCCN(C)C1)NCCC(OCC)C(C)C. The summed E-state index contributed by atoms with van der Waals surface area (Å²) in [6.07, 6.45) is 3.93. The maximum Gasteiger partial charge on any atom is 0.191 e. The number of nitrogens with one attached hydrogen (secondary N) is 2. The molecule has 5 nitrogen and oxygen atoms in total. The van der Waals surface area contributed by atoms with Gasteiger partial charge in [0.05, 0.1) is 6.10 Å². The fourth-order valence-corrected chi connectivity index (χ4v) is 3.14. The minimum absolute atomic E-state index is 0.322. The highest BCUT2D eigenvalue weighted by atomic mass is 16.5. The zero-order valence-electron chi connectivity index (χ0n) is 15.9. The van der Waals surface area contributed by atoms with E-state index < -0.39 is 0 Å². The van der Waals surface area contributed by atoms with Gasteiger partial charge in [-0.2, -0.15) is 0 Å². The Hall–Kier alpha value is -0.810. The maximum absolute atomic E-state index is 5.81. The van der Waals surface area contributed by atoms with Gasteiger partial charge in [-0.1, -0.05) is 13.8 Å². The number of guanidine groups is 1. The molecule has 136 valence electrons. The second-order valence-electron chi connectivity index (χ2n) is 6.94. The van der Waals surface area contributed by atoms with Crippen LogP contribution in [0.25, 0.3) is 0 Å². The Morgan fingerprint density at radius 2 is 2.09 bits per heavy atom. The van der Waals surface area contributed by atoms with Crippen molar-refractivity contribution in [3.63, 3.8) is 0 Å². The molecule has 2 unspecified atom stereocenters. The van der Waals surface area contributed by atoms with Crippen LogP contribution in [-0.4, -0.2) is 63.3 Å². The number of piperidine rings is 1. The van der Waals surface area contributed by atoms with Gasteiger partial charge in [-0.25, -0.2) is 0 Å². The summed E-state index contributed by atoms with van der Waals surface area (Å²) < 4.78 is 5.81. The first-order valence-corrected chi connectivity index (χ1v) is 9.39. The lowest BCUT2D eigenvalue weighted by Gasteiger charge is -2.28. The second-order valence-corrected chi connectivity index (χ2v) is 6.94. The van der Waals surface area contributed by atoms with Gasteiger partial charge in [0.25, 0.3) is 0 Å². The van der Waals surface area contributed by atoms with Crippen molar-refractivity contribution in [2.75, 3.05) is 46.4 Å². The van der Waals surface area contributed by atoms with Crippen LogP contribution >= 0.6 is 0 Å². The monoisotopic (exact) mass is 326 g/mol. The van der Waals surface area contributed by atoms with Crippen molar-refractivity contribution in [1.29, 1.82) is 0 Å². The van der Waals surface area contributed by atoms with Gasteiger partial charge in [-0.3, -0.25) is 4.99 Å². The Morgan fingerprint density at radius 3 is 2.70 bits per heavy atom. The van der Waals surface area contributed by atoms with Gasteiger partial charge in [0, 0.05) is 32.8 Å². The first kappa shape index (κ1) is 20.2. The predicted molar refractivity (Wildman–Crippen MR) is 99.1 cm³/mol. The molecule has 2 N–H and O–H groups in total. The fourth-order valence-electron chi connectivity index (χ4n) is 3.14. The largest absolute Gasteiger partial charge is 0.378 e. The first-order chi connectivity index (χ1) is 11.1. The van der Waals surface area contributed by atoms with E-state index in [4.69, 9.17) is 9.73 Å². The molecule has 0 bridgehead atoms. The van der Waals surface area contributed by atoms with E-state index in [0.717, 1.165) is 38.6 Å². The minimum atomic E-state index is 0.322. The van der Waals surface area contributed by atoms with Gasteiger partial charge >= 0.3 is 0 Å². The van der Waals surface area contributed by atoms with Crippen LogP contribution < -0.4 is 10.6 Å². The Morgan fingerprint density at radius 1 is 1.30 bits per heavy atom. The van der Waals surface area contributed by atoms with Crippen molar-refractivity contribution < 1.29 is 4.74 Å². The Bertz CT molecular complexity index is 333. The number of rotatable bonds is 9. The number of hydrogen-bond donors (Lipinski definition) is 2. The molecule has 0 aromatic heterocycles. The predicted octanol–water partition coefficient (Wildman–Crippen LogP) is 2.33. The van der Waals surface area contributed by atoms with Crippen LogP contribution in [-0.2, 0) is 4.74 Å². The summed E-state index contributed by atoms with van der Waals surface area (Å²) in [6.45, 7) is 14.5. The minimum Gasteiger partial charge on any atom is -0.378 e. The van der Waals surface area contributed by atoms with Crippen molar-refractivity contribution in [3.8, 4) is 0 Å². The molecular formula is C18H38N4O. The fraction of sp³-hybridized carbons (Fsp3) is 0.944. The zero-order valence-corrected chi connectivity index (χ0v) is 15.9. The number of ether oxygens (including phenoxy) is 1. The topological polar surface area (TPSA) is 48.9 Å².